The van der Waals surface area contributed by atoms with E-state index in [1.807, 2.05) is 0 Å². The summed E-state index contributed by atoms with van der Waals surface area (Å²) >= 11 is 3.16. The Bertz CT molecular complexity index is 813. The summed E-state index contributed by atoms with van der Waals surface area (Å²) in [5.41, 5.74) is -0.111. The van der Waals surface area contributed by atoms with Crippen molar-refractivity contribution in [3.8, 4) is 5.75 Å². The molecule has 0 saturated carbocycles. The second-order valence-corrected chi connectivity index (χ2v) is 7.15. The van der Waals surface area contributed by atoms with Crippen LogP contribution in [0.25, 0.3) is 0 Å². The molecule has 0 radical (unpaired) electrons. The quantitative estimate of drug-likeness (QED) is 0.691. The van der Waals surface area contributed by atoms with E-state index in [9.17, 15) is 26.0 Å². The van der Waals surface area contributed by atoms with Crippen LogP contribution in [0.2, 0.25) is 0 Å². The molecule has 0 aliphatic carbocycles. The first-order valence-electron chi connectivity index (χ1n) is 6.33. The predicted molar refractivity (Wildman–Crippen MR) is 83.0 cm³/mol. The van der Waals surface area contributed by atoms with Gasteiger partial charge in [-0.1, -0.05) is 22.0 Å². The molecule has 0 atom stereocenters. The number of halogens is 5. The largest absolute Gasteiger partial charge is 0.461 e. The van der Waals surface area contributed by atoms with Gasteiger partial charge in [-0.3, -0.25) is 4.72 Å². The van der Waals surface area contributed by atoms with Crippen LogP contribution in [0.3, 0.4) is 0 Å². The first-order valence-corrected chi connectivity index (χ1v) is 8.61. The average molecular weight is 428 g/mol. The van der Waals surface area contributed by atoms with Gasteiger partial charge in [-0.25, -0.2) is 8.42 Å². The van der Waals surface area contributed by atoms with Crippen molar-refractivity contribution in [2.24, 2.45) is 0 Å². The number of alkyl halides is 4. The molecule has 2 rings (SSSR count). The molecule has 0 aliphatic rings. The van der Waals surface area contributed by atoms with Gasteiger partial charge < -0.3 is 4.74 Å². The maximum absolute atomic E-state index is 12.9. The summed E-state index contributed by atoms with van der Waals surface area (Å²) in [6.07, 6.45) is -8.69. The lowest BCUT2D eigenvalue weighted by molar-refractivity contribution is -0.253. The summed E-state index contributed by atoms with van der Waals surface area (Å²) in [5, 5.41) is 0. The smallest absolute Gasteiger partial charge is 0.428 e. The molecule has 0 unspecified atom stereocenters. The number of rotatable bonds is 6. The van der Waals surface area contributed by atoms with Crippen LogP contribution >= 0.6 is 15.9 Å². The molecule has 2 aromatic carbocycles. The van der Waals surface area contributed by atoms with E-state index in [1.54, 1.807) is 0 Å². The van der Waals surface area contributed by atoms with Crippen LogP contribution in [0.4, 0.5) is 23.2 Å². The summed E-state index contributed by atoms with van der Waals surface area (Å²) in [7, 11) is -3.97. The highest BCUT2D eigenvalue weighted by Gasteiger charge is 2.44. The van der Waals surface area contributed by atoms with Crippen molar-refractivity contribution in [3.05, 3.63) is 53.0 Å². The SMILES string of the molecule is O=S(=O)(Nc1cccc(OC(F)(F)C(F)F)c1)c1ccc(Br)cc1. The maximum atomic E-state index is 12.9. The molecule has 4 nitrogen and oxygen atoms in total. The van der Waals surface area contributed by atoms with E-state index in [0.717, 1.165) is 12.1 Å². The Kier molecular flexibility index (Phi) is 5.38. The second kappa shape index (κ2) is 6.98. The molecule has 10 heteroatoms. The molecule has 0 bridgehead atoms. The van der Waals surface area contributed by atoms with Gasteiger partial charge in [0.2, 0.25) is 0 Å². The van der Waals surface area contributed by atoms with Gasteiger partial charge in [-0.05, 0) is 36.4 Å². The molecule has 0 saturated heterocycles. The molecule has 0 fully saturated rings. The van der Waals surface area contributed by atoms with Gasteiger partial charge in [-0.2, -0.15) is 17.6 Å². The number of hydrogen-bond acceptors (Lipinski definition) is 3. The van der Waals surface area contributed by atoms with Gasteiger partial charge in [0.25, 0.3) is 10.0 Å². The molecule has 0 aliphatic heterocycles. The van der Waals surface area contributed by atoms with Crippen LogP contribution in [0.1, 0.15) is 0 Å². The fraction of sp³-hybridized carbons (Fsp3) is 0.143. The van der Waals surface area contributed by atoms with Crippen molar-refractivity contribution in [2.45, 2.75) is 17.4 Å². The zero-order valence-electron chi connectivity index (χ0n) is 11.7. The lowest BCUT2D eigenvalue weighted by Gasteiger charge is -2.17. The van der Waals surface area contributed by atoms with Gasteiger partial charge in [-0.15, -0.1) is 0 Å². The van der Waals surface area contributed by atoms with Crippen LogP contribution in [0.15, 0.2) is 57.9 Å². The molecule has 1 N–H and O–H groups in total. The minimum atomic E-state index is -4.68. The Balaban J connectivity index is 2.21. The normalized spacial score (nSPS) is 12.2. The van der Waals surface area contributed by atoms with Gasteiger partial charge >= 0.3 is 12.5 Å². The topological polar surface area (TPSA) is 55.4 Å². The van der Waals surface area contributed by atoms with Crippen molar-refractivity contribution in [1.82, 2.24) is 0 Å². The molecule has 130 valence electrons. The van der Waals surface area contributed by atoms with Gasteiger partial charge in [0, 0.05) is 10.5 Å². The molecule has 0 amide bonds. The van der Waals surface area contributed by atoms with E-state index in [2.05, 4.69) is 25.4 Å². The molecule has 0 aromatic heterocycles. The number of hydrogen-bond donors (Lipinski definition) is 1. The zero-order chi connectivity index (χ0) is 18.0. The number of anilines is 1. The van der Waals surface area contributed by atoms with Crippen LogP contribution < -0.4 is 9.46 Å². The van der Waals surface area contributed by atoms with Crippen LogP contribution in [0, 0.1) is 0 Å². The number of ether oxygens (including phenoxy) is 1. The van der Waals surface area contributed by atoms with E-state index >= 15 is 0 Å². The molecular weight excluding hydrogens is 418 g/mol. The lowest BCUT2D eigenvalue weighted by atomic mass is 10.3. The monoisotopic (exact) mass is 427 g/mol. The van der Waals surface area contributed by atoms with Gasteiger partial charge in [0.1, 0.15) is 5.75 Å². The standard InChI is InChI=1S/C14H10BrF4NO3S/c15-9-4-6-12(7-5-9)24(21,22)20-10-2-1-3-11(8-10)23-14(18,19)13(16)17/h1-8,13,20H. The maximum Gasteiger partial charge on any atom is 0.461 e. The number of benzene rings is 2. The van der Waals surface area contributed by atoms with E-state index in [0.29, 0.717) is 4.47 Å². The third kappa shape index (κ3) is 4.60. The fourth-order valence-corrected chi connectivity index (χ4v) is 2.97. The first-order chi connectivity index (χ1) is 11.1. The summed E-state index contributed by atoms with van der Waals surface area (Å²) in [6, 6.07) is 10.0. The highest BCUT2D eigenvalue weighted by Crippen LogP contribution is 2.29. The minimum absolute atomic E-state index is 0.0602. The van der Waals surface area contributed by atoms with Crippen molar-refractivity contribution < 1.29 is 30.7 Å². The van der Waals surface area contributed by atoms with Crippen LogP contribution in [0.5, 0.6) is 5.75 Å². The van der Waals surface area contributed by atoms with Crippen molar-refractivity contribution in [2.75, 3.05) is 4.72 Å². The molecule has 24 heavy (non-hydrogen) atoms. The summed E-state index contributed by atoms with van der Waals surface area (Å²) in [6.45, 7) is 0. The zero-order valence-corrected chi connectivity index (χ0v) is 14.1. The van der Waals surface area contributed by atoms with Crippen molar-refractivity contribution in [3.63, 3.8) is 0 Å². The third-order valence-electron chi connectivity index (χ3n) is 2.72. The molecule has 0 spiro atoms. The molecular formula is C14H10BrF4NO3S. The van der Waals surface area contributed by atoms with Crippen LogP contribution in [-0.2, 0) is 10.0 Å². The second-order valence-electron chi connectivity index (χ2n) is 4.55. The Morgan fingerprint density at radius 3 is 2.29 bits per heavy atom. The Morgan fingerprint density at radius 1 is 1.08 bits per heavy atom. The average Bonchev–Trinajstić information content (AvgIpc) is 2.47. The summed E-state index contributed by atoms with van der Waals surface area (Å²) in [5.74, 6) is -0.601. The Hall–Kier alpha value is -1.81. The van der Waals surface area contributed by atoms with Crippen molar-refractivity contribution in [1.29, 1.82) is 0 Å². The van der Waals surface area contributed by atoms with E-state index < -0.39 is 28.3 Å². The minimum Gasteiger partial charge on any atom is -0.428 e. The first kappa shape index (κ1) is 18.5. The van der Waals surface area contributed by atoms with Crippen molar-refractivity contribution >= 4 is 31.6 Å². The van der Waals surface area contributed by atoms with Crippen LogP contribution in [-0.4, -0.2) is 21.0 Å². The number of nitrogens with one attached hydrogen (secondary N) is 1. The van der Waals surface area contributed by atoms with E-state index in [-0.39, 0.29) is 10.6 Å². The molecule has 0 heterocycles. The van der Waals surface area contributed by atoms with Gasteiger partial charge in [0.05, 0.1) is 10.6 Å². The highest BCUT2D eigenvalue weighted by atomic mass is 79.9. The molecule has 2 aromatic rings. The lowest BCUT2D eigenvalue weighted by Crippen LogP contribution is -2.33. The van der Waals surface area contributed by atoms with E-state index in [4.69, 9.17) is 0 Å². The third-order valence-corrected chi connectivity index (χ3v) is 4.64. The van der Waals surface area contributed by atoms with E-state index in [1.165, 1.54) is 36.4 Å². The fourth-order valence-electron chi connectivity index (χ4n) is 1.65. The summed E-state index contributed by atoms with van der Waals surface area (Å²) in [4.78, 5) is -0.0602. The predicted octanol–water partition coefficient (Wildman–Crippen LogP) is 4.49. The summed E-state index contributed by atoms with van der Waals surface area (Å²) < 4.78 is 81.2. The Morgan fingerprint density at radius 2 is 1.71 bits per heavy atom. The number of sulfonamides is 1. The Labute approximate surface area is 143 Å². The van der Waals surface area contributed by atoms with Gasteiger partial charge in [0.15, 0.2) is 0 Å². The highest BCUT2D eigenvalue weighted by molar-refractivity contribution is 9.10.